The predicted octanol–water partition coefficient (Wildman–Crippen LogP) is 29.9. The molecule has 584 valence electrons. The highest BCUT2D eigenvalue weighted by molar-refractivity contribution is 7.26. The largest absolute Gasteiger partial charge is 0.456 e. The molecule has 0 bridgehead atoms. The van der Waals surface area contributed by atoms with Crippen molar-refractivity contribution in [3.63, 3.8) is 0 Å². The van der Waals surface area contributed by atoms with E-state index in [9.17, 15) is 0 Å². The summed E-state index contributed by atoms with van der Waals surface area (Å²) in [5.41, 5.74) is 16.8. The van der Waals surface area contributed by atoms with E-state index in [1.165, 1.54) is 58.1 Å². The number of fused-ring (bicyclic) bond motifs is 16. The van der Waals surface area contributed by atoms with Crippen molar-refractivity contribution in [2.45, 2.75) is 0 Å². The van der Waals surface area contributed by atoms with Gasteiger partial charge in [0.05, 0.1) is 0 Å². The van der Waals surface area contributed by atoms with Crippen LogP contribution in [0.5, 0.6) is 0 Å². The summed E-state index contributed by atoms with van der Waals surface area (Å²) in [7, 11) is 0. The van der Waals surface area contributed by atoms with Crippen molar-refractivity contribution in [1.29, 1.82) is 0 Å². The Hall–Kier alpha value is -16.7. The molecule has 6 heterocycles. The van der Waals surface area contributed by atoms with Crippen LogP contribution >= 0.6 is 11.3 Å². The van der Waals surface area contributed by atoms with Gasteiger partial charge in [0.25, 0.3) is 0 Å². The maximum atomic E-state index is 6.13. The summed E-state index contributed by atoms with van der Waals surface area (Å²) in [5.74, 6) is 5.88. The number of furan rings is 2. The van der Waals surface area contributed by atoms with Gasteiger partial charge in [-0.3, -0.25) is 0 Å². The zero-order valence-corrected chi connectivity index (χ0v) is 67.9. The molecular weight excluding hydrogens is 1550 g/mol. The van der Waals surface area contributed by atoms with Crippen LogP contribution in [0.15, 0.2) is 427 Å². The minimum Gasteiger partial charge on any atom is -0.456 e. The highest BCUT2D eigenvalue weighted by atomic mass is 32.1. The molecule has 12 heteroatoms. The molecule has 0 aliphatic rings. The number of rotatable bonds is 11. The summed E-state index contributed by atoms with van der Waals surface area (Å²) in [6.45, 7) is 0. The van der Waals surface area contributed by atoms with E-state index in [1.54, 1.807) is 0 Å². The lowest BCUT2D eigenvalue weighted by atomic mass is 9.92. The van der Waals surface area contributed by atoms with Crippen LogP contribution in [0.25, 0.3) is 243 Å². The van der Waals surface area contributed by atoms with E-state index >= 15 is 0 Å². The van der Waals surface area contributed by atoms with Gasteiger partial charge in [-0.15, -0.1) is 11.3 Å². The lowest BCUT2D eigenvalue weighted by Crippen LogP contribution is -2.00. The van der Waals surface area contributed by atoms with Gasteiger partial charge in [-0.05, 0) is 149 Å². The van der Waals surface area contributed by atoms with Crippen molar-refractivity contribution in [3.05, 3.63) is 419 Å². The molecule has 0 unspecified atom stereocenters. The van der Waals surface area contributed by atoms with Crippen molar-refractivity contribution < 1.29 is 8.83 Å². The van der Waals surface area contributed by atoms with Crippen LogP contribution in [0.4, 0.5) is 0 Å². The minimum absolute atomic E-state index is 0.639. The summed E-state index contributed by atoms with van der Waals surface area (Å²) in [5, 5.41) is 18.9. The van der Waals surface area contributed by atoms with Gasteiger partial charge in [-0.25, -0.2) is 44.9 Å². The Morgan fingerprint density at radius 3 is 0.912 bits per heavy atom. The second-order valence-electron chi connectivity index (χ2n) is 31.1. The molecule has 0 saturated heterocycles. The predicted molar refractivity (Wildman–Crippen MR) is 514 cm³/mol. The summed E-state index contributed by atoms with van der Waals surface area (Å²) in [4.78, 5) is 44.6. The third-order valence-corrected chi connectivity index (χ3v) is 24.4. The molecule has 0 atom stereocenters. The SMILES string of the molecule is c1ccc(-c2nc(-c3ccccc3)nc(-c3cccc(-c4c5ccccc5cc5sc6ccccc6c45)c3)n2)cc1.c1ccc(-c2nc(-c3ccccc3)nc(-c3cccc(-c4ccc5c(ccc6oc7ccccc7c65)c4)c3)n2)cc1.c1ccc2cc(-c3nc(-c4ccc5ccccc5c4)nc(-c4ccc5c(ccc6oc7ccccc7c65)c4)n3)ccc2c1. The first-order chi connectivity index (χ1) is 61.9. The molecule has 0 aliphatic heterocycles. The van der Waals surface area contributed by atoms with Gasteiger partial charge in [0.15, 0.2) is 52.4 Å². The molecular formula is C113H69N9O2S. The molecule has 0 N–H and O–H groups in total. The van der Waals surface area contributed by atoms with E-state index < -0.39 is 0 Å². The van der Waals surface area contributed by atoms with Crippen molar-refractivity contribution in [3.8, 4) is 125 Å². The van der Waals surface area contributed by atoms with Crippen LogP contribution < -0.4 is 0 Å². The van der Waals surface area contributed by atoms with E-state index in [0.29, 0.717) is 52.4 Å². The van der Waals surface area contributed by atoms with Crippen molar-refractivity contribution >= 4 is 129 Å². The first-order valence-corrected chi connectivity index (χ1v) is 42.4. The van der Waals surface area contributed by atoms with Crippen molar-refractivity contribution in [2.24, 2.45) is 0 Å². The number of hydrogen-bond donors (Lipinski definition) is 0. The van der Waals surface area contributed by atoms with Crippen LogP contribution in [-0.2, 0) is 0 Å². The molecule has 0 fully saturated rings. The molecule has 0 aliphatic carbocycles. The van der Waals surface area contributed by atoms with Gasteiger partial charge in [0, 0.05) is 91.8 Å². The number of thiophene rings is 1. The average Bonchev–Trinajstić information content (AvgIpc) is 1.62. The number of nitrogens with zero attached hydrogens (tertiary/aromatic N) is 9. The van der Waals surface area contributed by atoms with Crippen molar-refractivity contribution in [2.75, 3.05) is 0 Å². The maximum Gasteiger partial charge on any atom is 0.164 e. The zero-order valence-electron chi connectivity index (χ0n) is 67.1. The summed E-state index contributed by atoms with van der Waals surface area (Å²) >= 11 is 1.85. The summed E-state index contributed by atoms with van der Waals surface area (Å²) < 4.78 is 14.8. The molecule has 6 aromatic heterocycles. The number of aromatic nitrogens is 9. The van der Waals surface area contributed by atoms with Crippen LogP contribution in [0.2, 0.25) is 0 Å². The fourth-order valence-corrected chi connectivity index (χ4v) is 18.4. The van der Waals surface area contributed by atoms with E-state index in [0.717, 1.165) is 132 Å². The molecule has 11 nitrogen and oxygen atoms in total. The Labute approximate surface area is 721 Å². The normalized spacial score (nSPS) is 11.5. The molecule has 0 radical (unpaired) electrons. The van der Waals surface area contributed by atoms with E-state index in [2.05, 4.69) is 273 Å². The molecule has 25 aromatic rings. The molecule has 125 heavy (non-hydrogen) atoms. The summed E-state index contributed by atoms with van der Waals surface area (Å²) in [6.07, 6.45) is 0. The molecule has 0 spiro atoms. The van der Waals surface area contributed by atoms with Gasteiger partial charge in [-0.1, -0.05) is 346 Å². The quantitative estimate of drug-likeness (QED) is 0.122. The van der Waals surface area contributed by atoms with Gasteiger partial charge in [0.1, 0.15) is 22.3 Å². The monoisotopic (exact) mass is 1620 g/mol. The Morgan fingerprint density at radius 2 is 0.448 bits per heavy atom. The third-order valence-electron chi connectivity index (χ3n) is 23.3. The third kappa shape index (κ3) is 14.0. The highest BCUT2D eigenvalue weighted by Crippen LogP contribution is 2.46. The Kier molecular flexibility index (Phi) is 18.5. The van der Waals surface area contributed by atoms with Crippen LogP contribution in [0.1, 0.15) is 0 Å². The van der Waals surface area contributed by atoms with E-state index in [4.69, 9.17) is 53.7 Å². The molecule has 0 saturated carbocycles. The Morgan fingerprint density at radius 1 is 0.152 bits per heavy atom. The first kappa shape index (κ1) is 73.5. The number of hydrogen-bond acceptors (Lipinski definition) is 12. The Bertz CT molecular complexity index is 8300. The van der Waals surface area contributed by atoms with Gasteiger partial charge >= 0.3 is 0 Å². The zero-order chi connectivity index (χ0) is 82.7. The van der Waals surface area contributed by atoms with Crippen LogP contribution in [0, 0.1) is 0 Å². The fraction of sp³-hybridized carbons (Fsp3) is 0. The minimum atomic E-state index is 0.639. The van der Waals surface area contributed by atoms with Crippen LogP contribution in [-0.4, -0.2) is 44.9 Å². The van der Waals surface area contributed by atoms with E-state index in [-0.39, 0.29) is 0 Å². The van der Waals surface area contributed by atoms with Gasteiger partial charge < -0.3 is 8.83 Å². The average molecular weight is 1620 g/mol. The van der Waals surface area contributed by atoms with Crippen LogP contribution in [0.3, 0.4) is 0 Å². The smallest absolute Gasteiger partial charge is 0.164 e. The summed E-state index contributed by atoms with van der Waals surface area (Å²) in [6, 6.07) is 144. The second kappa shape index (κ2) is 31.5. The topological polar surface area (TPSA) is 142 Å². The lowest BCUT2D eigenvalue weighted by Gasteiger charge is -2.12. The van der Waals surface area contributed by atoms with Gasteiger partial charge in [-0.2, -0.15) is 0 Å². The maximum absolute atomic E-state index is 6.13. The lowest BCUT2D eigenvalue weighted by molar-refractivity contribution is 0.669. The Balaban J connectivity index is 0.000000108. The molecule has 25 rings (SSSR count). The van der Waals surface area contributed by atoms with E-state index in [1.807, 2.05) is 157 Å². The second-order valence-corrected chi connectivity index (χ2v) is 32.1. The standard InChI is InChI=1S/C39H23N3O.C37H23N3O.C37H23N3S/c1-3-9-26-21-29(15-13-24(26)7-1)37-40-38(30-16-14-25-8-2-4-10-27(25)22-30)42-39(41-37)31-17-19-32-28(23-31)18-20-35-36(32)33-11-5-6-12-34(33)43-35;1-3-10-24(11-4-1)35-38-36(25-12-5-2-6-13-25)40-37(39-35)29-15-9-14-26(23-29)27-18-20-30-28(22-27)19-21-33-34(30)31-16-7-8-17-32(31)41-33;1-3-12-24(13-4-1)35-38-36(25-14-5-2-6-15-25)40-37(39-35)28-18-11-17-27(22-28)33-29-19-8-7-16-26(29)23-32-34(33)30-20-9-10-21-31(30)41-32/h1-23H;2*1-23H. The molecule has 0 amide bonds. The first-order valence-electron chi connectivity index (χ1n) is 41.6. The molecule has 19 aromatic carbocycles. The van der Waals surface area contributed by atoms with Gasteiger partial charge in [0.2, 0.25) is 0 Å². The fourth-order valence-electron chi connectivity index (χ4n) is 17.2. The highest BCUT2D eigenvalue weighted by Gasteiger charge is 2.22. The number of benzene rings is 19. The number of para-hydroxylation sites is 2. The van der Waals surface area contributed by atoms with Crippen molar-refractivity contribution in [1.82, 2.24) is 44.9 Å².